The molecule has 0 aliphatic heterocycles. The maximum Gasteiger partial charge on any atom is 0.326 e. The predicted octanol–water partition coefficient (Wildman–Crippen LogP) is 1.94. The van der Waals surface area contributed by atoms with E-state index in [9.17, 15) is 68.4 Å². The first kappa shape index (κ1) is 73.2. The highest BCUT2D eigenvalue weighted by molar-refractivity contribution is 7.98. The number of phenols is 2. The Kier molecular flexibility index (Phi) is 29.4. The molecule has 10 atom stereocenters. The van der Waals surface area contributed by atoms with Crippen molar-refractivity contribution in [1.29, 1.82) is 0 Å². The minimum atomic E-state index is -1.72. The number of rotatable bonds is 36. The number of aromatic hydroxyl groups is 2. The van der Waals surface area contributed by atoms with Crippen LogP contribution in [0.3, 0.4) is 0 Å². The number of benzene rings is 3. The predicted molar refractivity (Wildman–Crippen MR) is 338 cm³/mol. The van der Waals surface area contributed by atoms with Crippen molar-refractivity contribution in [2.24, 2.45) is 29.4 Å². The normalized spacial score (nSPS) is 14.8. The lowest BCUT2D eigenvalue weighted by molar-refractivity contribution is -0.142. The van der Waals surface area contributed by atoms with E-state index in [0.29, 0.717) is 28.9 Å². The number of thioether (sulfide) groups is 1. The maximum absolute atomic E-state index is 14.5. The average Bonchev–Trinajstić information content (AvgIpc) is 2.80. The number of phenolic OH excluding ortho intramolecular Hbond substituents is 2. The molecule has 4 aromatic rings. The van der Waals surface area contributed by atoms with Crippen LogP contribution in [-0.4, -0.2) is 164 Å². The lowest BCUT2D eigenvalue weighted by Crippen LogP contribution is -2.62. The number of aliphatic hydroxyl groups is 1. The van der Waals surface area contributed by atoms with Gasteiger partial charge in [0.05, 0.1) is 18.7 Å². The van der Waals surface area contributed by atoms with Crippen LogP contribution in [0.2, 0.25) is 0 Å². The zero-order valence-corrected chi connectivity index (χ0v) is 53.1. The van der Waals surface area contributed by atoms with Gasteiger partial charge in [-0.2, -0.15) is 11.8 Å². The van der Waals surface area contributed by atoms with E-state index in [0.717, 1.165) is 10.9 Å². The Bertz CT molecular complexity index is 3030. The molecule has 0 spiro atoms. The van der Waals surface area contributed by atoms with E-state index in [1.165, 1.54) is 67.2 Å². The van der Waals surface area contributed by atoms with Gasteiger partial charge in [0, 0.05) is 36.4 Å². The molecule has 9 amide bonds. The minimum absolute atomic E-state index is 0.0107. The van der Waals surface area contributed by atoms with Crippen LogP contribution < -0.4 is 53.6 Å². The van der Waals surface area contributed by atoms with Crippen LogP contribution in [0.15, 0.2) is 79.0 Å². The first-order chi connectivity index (χ1) is 42.0. The van der Waals surface area contributed by atoms with Gasteiger partial charge in [-0.3, -0.25) is 43.2 Å². The number of hydrogen-bond donors (Lipinski definition) is 15. The maximum atomic E-state index is 14.5. The van der Waals surface area contributed by atoms with E-state index in [2.05, 4.69) is 52.8 Å². The third-order valence-corrected chi connectivity index (χ3v) is 15.1. The second-order valence-electron chi connectivity index (χ2n) is 24.0. The zero-order chi connectivity index (χ0) is 66.2. The fraction of sp³-hybridized carbons (Fsp3) is 0.524. The average molecular weight is 1260 g/mol. The molecule has 25 nitrogen and oxygen atoms in total. The molecule has 4 rings (SSSR count). The van der Waals surface area contributed by atoms with Crippen LogP contribution in [0.25, 0.3) is 10.9 Å². The van der Waals surface area contributed by atoms with Gasteiger partial charge >= 0.3 is 5.97 Å². The second-order valence-corrected chi connectivity index (χ2v) is 25.0. The van der Waals surface area contributed by atoms with Crippen molar-refractivity contribution in [2.75, 3.05) is 18.6 Å². The van der Waals surface area contributed by atoms with E-state index in [1.807, 2.05) is 46.1 Å². The molecule has 1 aromatic heterocycles. The molecule has 0 fully saturated rings. The number of hydrogen-bond acceptors (Lipinski definition) is 15. The third-order valence-electron chi connectivity index (χ3n) is 14.5. The number of para-hydroxylation sites is 1. The molecule has 0 aliphatic rings. The van der Waals surface area contributed by atoms with Gasteiger partial charge in [-0.25, -0.2) is 4.79 Å². The van der Waals surface area contributed by atoms with Crippen molar-refractivity contribution in [3.63, 3.8) is 0 Å². The molecule has 0 unspecified atom stereocenters. The van der Waals surface area contributed by atoms with Crippen molar-refractivity contribution >= 4 is 81.8 Å². The summed E-state index contributed by atoms with van der Waals surface area (Å²) in [5.74, 6) is -9.25. The van der Waals surface area contributed by atoms with Crippen LogP contribution >= 0.6 is 11.8 Å². The minimum Gasteiger partial charge on any atom is -0.508 e. The fourth-order valence-electron chi connectivity index (χ4n) is 9.69. The summed E-state index contributed by atoms with van der Waals surface area (Å²) in [7, 11) is 0. The Labute approximate surface area is 523 Å². The number of carboxylic acid groups (broad SMARTS) is 1. The molecule has 1 heterocycles. The fourth-order valence-corrected chi connectivity index (χ4v) is 10.2. The lowest BCUT2D eigenvalue weighted by Gasteiger charge is -2.30. The van der Waals surface area contributed by atoms with Crippen LogP contribution in [0.1, 0.15) is 105 Å². The number of nitrogens with two attached hydrogens (primary N) is 1. The number of aliphatic hydroxyl groups excluding tert-OH is 1. The monoisotopic (exact) mass is 1260 g/mol. The van der Waals surface area contributed by atoms with Gasteiger partial charge in [-0.1, -0.05) is 97.9 Å². The summed E-state index contributed by atoms with van der Waals surface area (Å²) in [6, 6.07) is 7.03. The van der Waals surface area contributed by atoms with Crippen LogP contribution in [0, 0.1) is 23.7 Å². The number of carbonyl (C=O) groups is 10. The number of aliphatic carboxylic acids is 1. The van der Waals surface area contributed by atoms with E-state index in [1.54, 1.807) is 46.0 Å². The number of aromatic nitrogens is 1. The quantitative estimate of drug-likeness (QED) is 0.0309. The highest BCUT2D eigenvalue weighted by Crippen LogP contribution is 2.21. The van der Waals surface area contributed by atoms with Crippen molar-refractivity contribution < 1.29 is 68.4 Å². The van der Waals surface area contributed by atoms with Crippen molar-refractivity contribution in [3.05, 3.63) is 95.7 Å². The van der Waals surface area contributed by atoms with Crippen molar-refractivity contribution in [1.82, 2.24) is 52.8 Å². The van der Waals surface area contributed by atoms with Gasteiger partial charge in [0.25, 0.3) is 0 Å². The molecule has 0 saturated carbocycles. The van der Waals surface area contributed by atoms with Gasteiger partial charge in [0.15, 0.2) is 0 Å². The number of nitrogens with one attached hydrogen (secondary N) is 10. The summed E-state index contributed by atoms with van der Waals surface area (Å²) >= 11 is 1.52. The SMILES string of the molecule is CSCC[C@H](N)C(=O)N[C@@H](CC(C)C)C(=O)N[C@@H](CC(C)C)C(=O)N[C@@H](Cc1ccc(O)cc1)C(=O)N[C@@H](CC(C)C)C(=O)N[C@H](C(=O)N[C@H](C(=O)NCC(=O)N[C@@H](Cc1ccc(O)cc1)C(=O)N[C@@H](Cc1c[nH]c2ccccc12)C(=O)O)C(C)C)[C@@H](C)O. The molecular formula is C63H91N11O14S. The van der Waals surface area contributed by atoms with Gasteiger partial charge in [-0.05, 0) is 115 Å². The molecule has 0 bridgehead atoms. The molecule has 0 radical (unpaired) electrons. The number of aromatic amines is 1. The Balaban J connectivity index is 1.50. The molecule has 89 heavy (non-hydrogen) atoms. The molecule has 488 valence electrons. The third kappa shape index (κ3) is 24.3. The molecule has 16 N–H and O–H groups in total. The first-order valence-corrected chi connectivity index (χ1v) is 31.3. The lowest BCUT2D eigenvalue weighted by atomic mass is 9.98. The summed E-state index contributed by atoms with van der Waals surface area (Å²) in [6.07, 6.45) is 2.23. The summed E-state index contributed by atoms with van der Waals surface area (Å²) in [5, 5.41) is 65.4. The number of fused-ring (bicyclic) bond motifs is 1. The van der Waals surface area contributed by atoms with Gasteiger partial charge in [-0.15, -0.1) is 0 Å². The van der Waals surface area contributed by atoms with E-state index in [4.69, 9.17) is 5.73 Å². The number of H-pyrrole nitrogens is 1. The summed E-state index contributed by atoms with van der Waals surface area (Å²) in [6.45, 7) is 14.6. The smallest absolute Gasteiger partial charge is 0.326 e. The summed E-state index contributed by atoms with van der Waals surface area (Å²) in [5.41, 5.74) is 8.49. The summed E-state index contributed by atoms with van der Waals surface area (Å²) in [4.78, 5) is 141. The Morgan fingerprint density at radius 2 is 0.933 bits per heavy atom. The van der Waals surface area contributed by atoms with E-state index < -0.39 is 132 Å². The molecule has 3 aromatic carbocycles. The zero-order valence-electron chi connectivity index (χ0n) is 52.3. The largest absolute Gasteiger partial charge is 0.508 e. The van der Waals surface area contributed by atoms with Crippen molar-refractivity contribution in [2.45, 2.75) is 168 Å². The van der Waals surface area contributed by atoms with E-state index in [-0.39, 0.29) is 67.8 Å². The number of carbonyl (C=O) groups excluding carboxylic acids is 9. The van der Waals surface area contributed by atoms with Crippen LogP contribution in [-0.2, 0) is 67.2 Å². The molecule has 0 saturated heterocycles. The van der Waals surface area contributed by atoms with E-state index >= 15 is 0 Å². The van der Waals surface area contributed by atoms with Gasteiger partial charge in [0.2, 0.25) is 53.2 Å². The van der Waals surface area contributed by atoms with Crippen LogP contribution in [0.4, 0.5) is 0 Å². The molecule has 26 heteroatoms. The van der Waals surface area contributed by atoms with Gasteiger partial charge < -0.3 is 79.0 Å². The number of carboxylic acids is 1. The van der Waals surface area contributed by atoms with Gasteiger partial charge in [0.1, 0.15) is 59.8 Å². The summed E-state index contributed by atoms with van der Waals surface area (Å²) < 4.78 is 0. The topological polar surface area (TPSA) is 402 Å². The van der Waals surface area contributed by atoms with Crippen LogP contribution in [0.5, 0.6) is 11.5 Å². The first-order valence-electron chi connectivity index (χ1n) is 29.9. The highest BCUT2D eigenvalue weighted by Gasteiger charge is 2.37. The highest BCUT2D eigenvalue weighted by atomic mass is 32.2. The van der Waals surface area contributed by atoms with Crippen molar-refractivity contribution in [3.8, 4) is 11.5 Å². The standard InChI is InChI=1S/C63H91N11O14S/c1-33(2)25-46(68-55(79)44(64)23-24-89-10)56(80)69-47(26-34(3)4)57(81)71-50(29-39-17-21-42(77)22-18-39)59(83)70-48(27-35(5)6)60(84)74-54(37(9)75)62(86)73-53(36(7)8)61(85)66-32-52(78)67-49(28-38-15-19-41(76)20-16-38)58(82)72-51(63(87)88)30-40-31-65-45-14-12-11-13-43(40)45/h11-22,31,33-37,44,46-51,53-54,65,75-77H,23-30,32,64H2,1-10H3,(H,66,85)(H,67,78)(H,68,79)(H,69,80)(H,70,83)(H,71,81)(H,72,82)(H,73,86)(H,74,84)(H,87,88)/t37-,44+,46+,47+,48+,49+,50+,51+,53+,54+/m1/s1. The Morgan fingerprint density at radius 1 is 0.506 bits per heavy atom. The Hall–Kier alpha value is -8.23. The molecule has 0 aliphatic carbocycles. The second kappa shape index (κ2) is 35.7. The molecular weight excluding hydrogens is 1170 g/mol. The Morgan fingerprint density at radius 3 is 1.39 bits per heavy atom. The number of amides is 9.